The van der Waals surface area contributed by atoms with Crippen LogP contribution < -0.4 is 0 Å². The van der Waals surface area contributed by atoms with Crippen molar-refractivity contribution in [3.63, 3.8) is 0 Å². The van der Waals surface area contributed by atoms with Crippen molar-refractivity contribution in [2.45, 2.75) is 197 Å². The van der Waals surface area contributed by atoms with Gasteiger partial charge in [0.15, 0.2) is 0 Å². The molecule has 6 atom stereocenters. The van der Waals surface area contributed by atoms with E-state index in [9.17, 15) is 0 Å². The topological polar surface area (TPSA) is 111 Å². The average molecular weight is 1420 g/mol. The molecule has 0 aromatic carbocycles. The van der Waals surface area contributed by atoms with Crippen molar-refractivity contribution in [1.82, 2.24) is 0 Å². The lowest BCUT2D eigenvalue weighted by Gasteiger charge is -2.38. The van der Waals surface area contributed by atoms with Gasteiger partial charge in [-0.3, -0.25) is 0 Å². The van der Waals surface area contributed by atoms with Crippen LogP contribution in [-0.4, -0.2) is 149 Å². The van der Waals surface area contributed by atoms with Crippen LogP contribution in [-0.2, 0) is 53.1 Å². The molecular weight excluding hydrogens is 1310 g/mol. The van der Waals surface area contributed by atoms with Gasteiger partial charge in [0.05, 0.1) is 0 Å². The first kappa shape index (κ1) is 81.3. The van der Waals surface area contributed by atoms with Crippen molar-refractivity contribution in [3.8, 4) is 0 Å². The smallest absolute Gasteiger partial charge is 0.374 e. The van der Waals surface area contributed by atoms with Crippen LogP contribution >= 0.6 is 114 Å². The average Bonchev–Trinajstić information content (AvgIpc) is 3.45. The summed E-state index contributed by atoms with van der Waals surface area (Å²) in [5.74, 6) is 11.5. The Morgan fingerprint density at radius 1 is 0.259 bits per heavy atom. The van der Waals surface area contributed by atoms with E-state index in [-0.39, 0.29) is 0 Å². The maximum Gasteiger partial charge on any atom is 0.500 e. The predicted octanol–water partition coefficient (Wildman–Crippen LogP) is 19.8. The van der Waals surface area contributed by atoms with Gasteiger partial charge < -0.3 is 53.1 Å². The zero-order valence-electron chi connectivity index (χ0n) is 52.3. The summed E-state index contributed by atoms with van der Waals surface area (Å²) in [6.07, 6.45) is 17.6. The third kappa shape index (κ3) is 35.7. The third-order valence-electron chi connectivity index (χ3n) is 14.6. The predicted molar refractivity (Wildman–Crippen MR) is 380 cm³/mol. The first-order valence-corrected chi connectivity index (χ1v) is 53.1. The van der Waals surface area contributed by atoms with Crippen molar-refractivity contribution in [2.75, 3.05) is 114 Å². The van der Waals surface area contributed by atoms with Crippen molar-refractivity contribution in [3.05, 3.63) is 0 Å². The van der Waals surface area contributed by atoms with E-state index >= 15 is 0 Å². The van der Waals surface area contributed by atoms with E-state index in [0.29, 0.717) is 91.1 Å². The molecule has 2 aliphatic carbocycles. The summed E-state index contributed by atoms with van der Waals surface area (Å²) in [4.78, 5) is 0. The van der Waals surface area contributed by atoms with Crippen LogP contribution in [0.5, 0.6) is 0 Å². The fourth-order valence-electron chi connectivity index (χ4n) is 11.4. The minimum atomic E-state index is -2.67. The van der Waals surface area contributed by atoms with E-state index in [4.69, 9.17) is 53.1 Å². The van der Waals surface area contributed by atoms with Crippen LogP contribution in [0, 0.1) is 35.5 Å². The van der Waals surface area contributed by atoms with Gasteiger partial charge in [-0.25, -0.2) is 0 Å². The largest absolute Gasteiger partial charge is 0.500 e. The summed E-state index contributed by atoms with van der Waals surface area (Å²) in [5, 5.41) is 0. The molecule has 0 amide bonds. The highest BCUT2D eigenvalue weighted by Crippen LogP contribution is 2.49. The molecule has 0 heterocycles. The molecule has 81 heavy (non-hydrogen) atoms. The minimum Gasteiger partial charge on any atom is -0.374 e. The Balaban J connectivity index is 1.90. The molecule has 2 saturated carbocycles. The summed E-state index contributed by atoms with van der Waals surface area (Å²) >= 11 is 0. The standard InChI is InChI=1S/C54H114O12S11Si4/c1-13-55-78(56-14-2,57-15-3)43-25-37-67-74-76-71-41-33-53-47-49(27-29-51(53)35-45-80(61-19-7,62-20-8)63-21-9)31-39-69-73-70-40-32-50-28-30-52(36-46-81(64-22-10,65-23-11)66-24-12)54(48-50)34-42-72-77-75-68-38-26-44-79(58-16-4,59-17-5)60-18-6/h49-54H,13-48H2,1-12H3. The molecule has 0 saturated heterocycles. The maximum atomic E-state index is 6.33. The molecule has 12 nitrogen and oxygen atoms in total. The van der Waals surface area contributed by atoms with E-state index in [0.717, 1.165) is 85.0 Å². The Hall–Kier alpha value is 4.24. The van der Waals surface area contributed by atoms with Crippen LogP contribution in [0.2, 0.25) is 24.2 Å². The number of rotatable bonds is 58. The summed E-state index contributed by atoms with van der Waals surface area (Å²) in [7, 11) is 11.5. The highest BCUT2D eigenvalue weighted by molar-refractivity contribution is 9.26. The third-order valence-corrected chi connectivity index (χ3v) is 44.6. The van der Waals surface area contributed by atoms with Crippen LogP contribution in [0.1, 0.15) is 173 Å². The molecule has 0 bridgehead atoms. The highest BCUT2D eigenvalue weighted by Gasteiger charge is 2.45. The Bertz CT molecular complexity index is 1280. The number of hydrogen-bond donors (Lipinski definition) is 0. The lowest BCUT2D eigenvalue weighted by Crippen LogP contribution is -2.46. The van der Waals surface area contributed by atoms with Gasteiger partial charge in [0.1, 0.15) is 0 Å². The Morgan fingerprint density at radius 2 is 0.506 bits per heavy atom. The van der Waals surface area contributed by atoms with Gasteiger partial charge in [0, 0.05) is 138 Å². The van der Waals surface area contributed by atoms with Crippen LogP contribution in [0.3, 0.4) is 0 Å². The fourth-order valence-corrected chi connectivity index (χ4v) is 39.1. The minimum absolute atomic E-state index is 0.635. The molecule has 27 heteroatoms. The zero-order chi connectivity index (χ0) is 59.2. The second-order valence-corrected chi connectivity index (χ2v) is 47.9. The second-order valence-electron chi connectivity index (χ2n) is 20.0. The highest BCUT2D eigenvalue weighted by atomic mass is 33.7. The van der Waals surface area contributed by atoms with Crippen LogP contribution in [0.4, 0.5) is 0 Å². The van der Waals surface area contributed by atoms with E-state index in [1.807, 2.05) is 124 Å². The molecule has 0 N–H and O–H groups in total. The molecule has 0 spiro atoms. The van der Waals surface area contributed by atoms with Gasteiger partial charge in [0.25, 0.3) is 0 Å². The Morgan fingerprint density at radius 3 is 0.790 bits per heavy atom. The summed E-state index contributed by atoms with van der Waals surface area (Å²) in [5.41, 5.74) is 0. The normalized spacial score (nSPS) is 20.4. The van der Waals surface area contributed by atoms with E-state index in [1.54, 1.807) is 0 Å². The van der Waals surface area contributed by atoms with Gasteiger partial charge >= 0.3 is 35.2 Å². The summed E-state index contributed by atoms with van der Waals surface area (Å²) in [6.45, 7) is 32.3. The van der Waals surface area contributed by atoms with Crippen molar-refractivity contribution < 1.29 is 53.1 Å². The van der Waals surface area contributed by atoms with E-state index in [2.05, 4.69) is 73.0 Å². The zero-order valence-corrected chi connectivity index (χ0v) is 65.3. The second kappa shape index (κ2) is 52.7. The van der Waals surface area contributed by atoms with Gasteiger partial charge in [-0.15, -0.1) is 0 Å². The first-order valence-electron chi connectivity index (χ1n) is 31.3. The van der Waals surface area contributed by atoms with Gasteiger partial charge in [-0.2, -0.15) is 0 Å². The van der Waals surface area contributed by atoms with Gasteiger partial charge in [-0.05, 0) is 245 Å². The SMILES string of the molecule is CCO[Si](CCCSSSSCCC1CC(CCSSSCCC2CCC(CC[Si](OCC)(OCC)OCC)C(CCSSSSCCC[Si](OCC)(OCC)OCC)C2)CCC1CC[Si](OCC)(OCC)OCC)(OCC)OCC. The number of hydrogen-bond acceptors (Lipinski definition) is 23. The molecule has 0 aromatic rings. The van der Waals surface area contributed by atoms with Gasteiger partial charge in [0.2, 0.25) is 0 Å². The molecule has 484 valence electrons. The molecule has 0 aromatic heterocycles. The van der Waals surface area contributed by atoms with Crippen LogP contribution in [0.15, 0.2) is 0 Å². The molecule has 0 radical (unpaired) electrons. The fraction of sp³-hybridized carbons (Fsp3) is 1.00. The molecule has 2 fully saturated rings. The van der Waals surface area contributed by atoms with Crippen molar-refractivity contribution >= 4 is 149 Å². The Kier molecular flexibility index (Phi) is 52.9. The Labute approximate surface area is 543 Å². The van der Waals surface area contributed by atoms with Crippen molar-refractivity contribution in [2.24, 2.45) is 35.5 Å². The molecule has 0 aliphatic heterocycles. The quantitative estimate of drug-likeness (QED) is 0.0327. The molecular formula is C54H114O12S11Si4. The first-order chi connectivity index (χ1) is 39.5. The molecule has 2 aliphatic rings. The van der Waals surface area contributed by atoms with E-state index < -0.39 is 35.2 Å². The molecule has 6 unspecified atom stereocenters. The summed E-state index contributed by atoms with van der Waals surface area (Å²) < 4.78 is 74.4. The maximum absolute atomic E-state index is 6.33. The van der Waals surface area contributed by atoms with E-state index in [1.165, 1.54) is 87.2 Å². The lowest BCUT2D eigenvalue weighted by atomic mass is 9.71. The van der Waals surface area contributed by atoms with Crippen LogP contribution in [0.25, 0.3) is 0 Å². The molecule has 2 rings (SSSR count). The summed E-state index contributed by atoms with van der Waals surface area (Å²) in [6, 6.07) is 3.62. The lowest BCUT2D eigenvalue weighted by molar-refractivity contribution is 0.0655. The monoisotopic (exact) mass is 1420 g/mol. The van der Waals surface area contributed by atoms with Gasteiger partial charge in [-0.1, -0.05) is 77.6 Å². The van der Waals surface area contributed by atoms with Crippen molar-refractivity contribution in [1.29, 1.82) is 0 Å².